The first kappa shape index (κ1) is 22.6. The number of hydrogen-bond acceptors (Lipinski definition) is 8. The molecule has 3 heterocycles. The number of anilines is 2. The highest BCUT2D eigenvalue weighted by atomic mass is 35.5. The maximum Gasteiger partial charge on any atom is 0.162 e. The average molecular weight is 483 g/mol. The maximum atomic E-state index is 9.58. The fourth-order valence-corrected chi connectivity index (χ4v) is 3.88. The number of nitriles is 1. The van der Waals surface area contributed by atoms with Crippen molar-refractivity contribution in [3.8, 4) is 17.6 Å². The summed E-state index contributed by atoms with van der Waals surface area (Å²) in [5, 5.41) is 19.1. The number of nitrogens with one attached hydrogen (secondary N) is 1. The second kappa shape index (κ2) is 9.53. The summed E-state index contributed by atoms with van der Waals surface area (Å²) in [6.07, 6.45) is 5.62. The van der Waals surface area contributed by atoms with Crippen molar-refractivity contribution in [2.75, 3.05) is 30.8 Å². The molecule has 1 aromatic carbocycles. The molecule has 0 saturated carbocycles. The summed E-state index contributed by atoms with van der Waals surface area (Å²) in [4.78, 5) is 10.4. The summed E-state index contributed by atoms with van der Waals surface area (Å²) in [6.45, 7) is 1.81. The van der Waals surface area contributed by atoms with Crippen molar-refractivity contribution in [2.45, 2.75) is 13.0 Å². The summed E-state index contributed by atoms with van der Waals surface area (Å²) in [6, 6.07) is 7.04. The van der Waals surface area contributed by atoms with Gasteiger partial charge in [-0.15, -0.1) is 0 Å². The van der Waals surface area contributed by atoms with E-state index in [1.807, 2.05) is 4.90 Å². The number of methoxy groups -OCH3 is 1. The Morgan fingerprint density at radius 3 is 2.52 bits per heavy atom. The standard InChI is InChI=1S/C23H20Cl2N6O2/c1-32-20-7-19(27)15(6-21(20)33-12-16-17(24)10-29-11-18(16)25)22(28)14-5-13(8-26)23(30-9-14)31-3-2-4-31/h5-7,9-11,28H,2-4,12,27H2,1H3. The molecule has 1 aliphatic heterocycles. The molecular weight excluding hydrogens is 463 g/mol. The third-order valence-electron chi connectivity index (χ3n) is 5.36. The van der Waals surface area contributed by atoms with E-state index in [2.05, 4.69) is 16.0 Å². The van der Waals surface area contributed by atoms with Gasteiger partial charge in [0.05, 0.1) is 28.4 Å². The Labute approximate surface area is 201 Å². The molecule has 10 heteroatoms. The summed E-state index contributed by atoms with van der Waals surface area (Å²) >= 11 is 12.4. The molecule has 0 spiro atoms. The van der Waals surface area contributed by atoms with Gasteiger partial charge in [0.25, 0.3) is 0 Å². The Morgan fingerprint density at radius 2 is 1.91 bits per heavy atom. The van der Waals surface area contributed by atoms with Crippen LogP contribution in [0.5, 0.6) is 11.5 Å². The number of benzene rings is 1. The van der Waals surface area contributed by atoms with Gasteiger partial charge in [0.2, 0.25) is 0 Å². The predicted octanol–water partition coefficient (Wildman–Crippen LogP) is 4.45. The lowest BCUT2D eigenvalue weighted by Crippen LogP contribution is -2.38. The Balaban J connectivity index is 1.65. The Morgan fingerprint density at radius 1 is 1.18 bits per heavy atom. The summed E-state index contributed by atoms with van der Waals surface area (Å²) in [5.74, 6) is 1.40. The third kappa shape index (κ3) is 4.51. The number of nitrogens with zero attached hydrogens (tertiary/aromatic N) is 4. The van der Waals surface area contributed by atoms with Crippen LogP contribution in [0.2, 0.25) is 10.0 Å². The zero-order valence-corrected chi connectivity index (χ0v) is 19.2. The van der Waals surface area contributed by atoms with Gasteiger partial charge in [0.15, 0.2) is 11.5 Å². The Bertz CT molecular complexity index is 1250. The number of halogens is 2. The minimum Gasteiger partial charge on any atom is -0.493 e. The quantitative estimate of drug-likeness (QED) is 0.376. The van der Waals surface area contributed by atoms with Gasteiger partial charge >= 0.3 is 0 Å². The number of nitrogen functional groups attached to an aromatic ring is 1. The monoisotopic (exact) mass is 482 g/mol. The predicted molar refractivity (Wildman–Crippen MR) is 128 cm³/mol. The molecule has 0 aliphatic carbocycles. The first-order valence-electron chi connectivity index (χ1n) is 10.1. The molecule has 0 amide bonds. The van der Waals surface area contributed by atoms with E-state index in [0.717, 1.165) is 19.5 Å². The van der Waals surface area contributed by atoms with E-state index < -0.39 is 0 Å². The lowest BCUT2D eigenvalue weighted by Gasteiger charge is -2.32. The molecule has 3 aromatic rings. The van der Waals surface area contributed by atoms with Gasteiger partial charge in [-0.05, 0) is 18.6 Å². The van der Waals surface area contributed by atoms with Crippen molar-refractivity contribution in [2.24, 2.45) is 0 Å². The van der Waals surface area contributed by atoms with Crippen LogP contribution >= 0.6 is 23.2 Å². The zero-order chi connectivity index (χ0) is 23.5. The average Bonchev–Trinajstić information content (AvgIpc) is 2.78. The van der Waals surface area contributed by atoms with Crippen LogP contribution in [0.25, 0.3) is 0 Å². The molecule has 4 rings (SSSR count). The number of aromatic nitrogens is 2. The molecule has 2 aromatic heterocycles. The Kier molecular flexibility index (Phi) is 6.54. The normalized spacial score (nSPS) is 12.6. The number of pyridine rings is 2. The fraction of sp³-hybridized carbons (Fsp3) is 0.217. The van der Waals surface area contributed by atoms with Crippen LogP contribution in [0.4, 0.5) is 11.5 Å². The molecule has 0 atom stereocenters. The van der Waals surface area contributed by atoms with Crippen molar-refractivity contribution in [1.29, 1.82) is 10.7 Å². The van der Waals surface area contributed by atoms with E-state index in [1.54, 1.807) is 24.4 Å². The first-order chi connectivity index (χ1) is 15.9. The van der Waals surface area contributed by atoms with Crippen LogP contribution in [0.3, 0.4) is 0 Å². The van der Waals surface area contributed by atoms with Crippen molar-refractivity contribution < 1.29 is 9.47 Å². The van der Waals surface area contributed by atoms with E-state index in [9.17, 15) is 5.26 Å². The minimum absolute atomic E-state index is 0.0674. The SMILES string of the molecule is COc1cc(N)c(C(=N)c2cnc(N3CCC3)c(C#N)c2)cc1OCc1c(Cl)cncc1Cl. The largest absolute Gasteiger partial charge is 0.493 e. The maximum absolute atomic E-state index is 9.58. The summed E-state index contributed by atoms with van der Waals surface area (Å²) in [5.41, 5.74) is 8.54. The van der Waals surface area contributed by atoms with Gasteiger partial charge in [-0.25, -0.2) is 4.98 Å². The van der Waals surface area contributed by atoms with Crippen LogP contribution in [0.15, 0.2) is 36.8 Å². The highest BCUT2D eigenvalue weighted by molar-refractivity contribution is 6.35. The highest BCUT2D eigenvalue weighted by Crippen LogP contribution is 2.35. The topological polar surface area (TPSA) is 121 Å². The second-order valence-corrected chi connectivity index (χ2v) is 8.20. The van der Waals surface area contributed by atoms with E-state index in [0.29, 0.717) is 55.3 Å². The lowest BCUT2D eigenvalue weighted by atomic mass is 10.00. The molecule has 168 valence electrons. The first-order valence-corrected chi connectivity index (χ1v) is 10.8. The molecule has 0 radical (unpaired) electrons. The van der Waals surface area contributed by atoms with Crippen molar-refractivity contribution in [3.05, 3.63) is 69.1 Å². The second-order valence-electron chi connectivity index (χ2n) is 7.38. The van der Waals surface area contributed by atoms with Crippen LogP contribution in [0, 0.1) is 16.7 Å². The minimum atomic E-state index is 0.0674. The van der Waals surface area contributed by atoms with Crippen molar-refractivity contribution in [3.63, 3.8) is 0 Å². The van der Waals surface area contributed by atoms with Gasteiger partial charge in [-0.1, -0.05) is 23.2 Å². The molecule has 0 unspecified atom stereocenters. The van der Waals surface area contributed by atoms with Crippen LogP contribution < -0.4 is 20.1 Å². The number of nitrogens with two attached hydrogens (primary N) is 1. The number of hydrogen-bond donors (Lipinski definition) is 2. The van der Waals surface area contributed by atoms with Gasteiger partial charge in [-0.3, -0.25) is 10.4 Å². The van der Waals surface area contributed by atoms with Crippen LogP contribution in [-0.2, 0) is 6.61 Å². The van der Waals surface area contributed by atoms with E-state index >= 15 is 0 Å². The molecule has 8 nitrogen and oxygen atoms in total. The third-order valence-corrected chi connectivity index (χ3v) is 6.01. The summed E-state index contributed by atoms with van der Waals surface area (Å²) in [7, 11) is 1.50. The lowest BCUT2D eigenvalue weighted by molar-refractivity contribution is 0.284. The van der Waals surface area contributed by atoms with Crippen LogP contribution in [-0.4, -0.2) is 35.9 Å². The van der Waals surface area contributed by atoms with E-state index in [-0.39, 0.29) is 12.3 Å². The van der Waals surface area contributed by atoms with Crippen molar-refractivity contribution >= 4 is 40.4 Å². The smallest absolute Gasteiger partial charge is 0.162 e. The molecule has 1 fully saturated rings. The van der Waals surface area contributed by atoms with Crippen LogP contribution in [0.1, 0.15) is 28.7 Å². The van der Waals surface area contributed by atoms with Crippen molar-refractivity contribution in [1.82, 2.24) is 9.97 Å². The fourth-order valence-electron chi connectivity index (χ4n) is 3.40. The molecule has 1 aliphatic rings. The molecule has 1 saturated heterocycles. The summed E-state index contributed by atoms with van der Waals surface area (Å²) < 4.78 is 11.3. The zero-order valence-electron chi connectivity index (χ0n) is 17.7. The molecule has 33 heavy (non-hydrogen) atoms. The highest BCUT2D eigenvalue weighted by Gasteiger charge is 2.21. The van der Waals surface area contributed by atoms with E-state index in [4.69, 9.17) is 43.8 Å². The van der Waals surface area contributed by atoms with Gasteiger partial charge < -0.3 is 20.1 Å². The van der Waals surface area contributed by atoms with E-state index in [1.165, 1.54) is 19.5 Å². The Hall–Kier alpha value is -3.54. The van der Waals surface area contributed by atoms with Gasteiger partial charge in [-0.2, -0.15) is 5.26 Å². The number of ether oxygens (including phenoxy) is 2. The molecular formula is C23H20Cl2N6O2. The van der Waals surface area contributed by atoms with Gasteiger partial charge in [0, 0.05) is 60.1 Å². The number of rotatable bonds is 7. The molecule has 3 N–H and O–H groups in total. The van der Waals surface area contributed by atoms with Gasteiger partial charge in [0.1, 0.15) is 18.5 Å². The molecule has 0 bridgehead atoms.